The Balaban J connectivity index is 0.00000261. The Labute approximate surface area is 179 Å². The fourth-order valence-corrected chi connectivity index (χ4v) is 3.53. The van der Waals surface area contributed by atoms with Crippen molar-refractivity contribution in [1.82, 2.24) is 30.1 Å². The molecule has 1 aliphatic rings. The number of fused-ring (bicyclic) bond motifs is 1. The summed E-state index contributed by atoms with van der Waals surface area (Å²) in [4.78, 5) is 6.93. The summed E-state index contributed by atoms with van der Waals surface area (Å²) in [6, 6.07) is 6.65. The maximum Gasteiger partial charge on any atom is 0.191 e. The number of likely N-dealkylation sites (tertiary alicyclic amines) is 1. The summed E-state index contributed by atoms with van der Waals surface area (Å²) >= 11 is 0. The molecule has 3 rings (SSSR count). The lowest BCUT2D eigenvalue weighted by atomic mass is 10.0. The number of rotatable bonds is 7. The molecule has 2 N–H and O–H groups in total. The van der Waals surface area contributed by atoms with Crippen LogP contribution in [0.4, 0.5) is 0 Å². The molecular formula is C19H32IN7. The van der Waals surface area contributed by atoms with Gasteiger partial charge < -0.3 is 15.5 Å². The molecule has 27 heavy (non-hydrogen) atoms. The molecule has 0 amide bonds. The SMILES string of the molecule is CN=C(NCCCCN1CCCCC1C)NCc1nnc2ccccn12.I. The van der Waals surface area contributed by atoms with Gasteiger partial charge in [0.15, 0.2) is 17.4 Å². The summed E-state index contributed by atoms with van der Waals surface area (Å²) in [7, 11) is 1.80. The van der Waals surface area contributed by atoms with Crippen LogP contribution in [-0.4, -0.2) is 58.2 Å². The molecule has 1 saturated heterocycles. The van der Waals surface area contributed by atoms with Gasteiger partial charge in [-0.3, -0.25) is 9.39 Å². The van der Waals surface area contributed by atoms with Gasteiger partial charge in [0, 0.05) is 25.8 Å². The third-order valence-corrected chi connectivity index (χ3v) is 5.13. The maximum absolute atomic E-state index is 4.29. The summed E-state index contributed by atoms with van der Waals surface area (Å²) in [6.07, 6.45) is 8.45. The Morgan fingerprint density at radius 1 is 1.22 bits per heavy atom. The summed E-state index contributed by atoms with van der Waals surface area (Å²) < 4.78 is 1.99. The molecule has 8 heteroatoms. The van der Waals surface area contributed by atoms with E-state index in [1.54, 1.807) is 7.05 Å². The Hall–Kier alpha value is -1.42. The van der Waals surface area contributed by atoms with Crippen LogP contribution in [0.5, 0.6) is 0 Å². The first-order valence-electron chi connectivity index (χ1n) is 9.75. The van der Waals surface area contributed by atoms with Crippen molar-refractivity contribution in [2.75, 3.05) is 26.7 Å². The first-order valence-corrected chi connectivity index (χ1v) is 9.75. The van der Waals surface area contributed by atoms with Crippen molar-refractivity contribution in [1.29, 1.82) is 0 Å². The Morgan fingerprint density at radius 3 is 2.93 bits per heavy atom. The molecule has 3 heterocycles. The van der Waals surface area contributed by atoms with Gasteiger partial charge in [0.25, 0.3) is 0 Å². The number of pyridine rings is 1. The van der Waals surface area contributed by atoms with E-state index >= 15 is 0 Å². The number of halogens is 1. The molecule has 150 valence electrons. The van der Waals surface area contributed by atoms with Gasteiger partial charge in [-0.2, -0.15) is 0 Å². The van der Waals surface area contributed by atoms with Crippen LogP contribution in [0.15, 0.2) is 29.4 Å². The predicted octanol–water partition coefficient (Wildman–Crippen LogP) is 2.67. The molecule has 1 aliphatic heterocycles. The topological polar surface area (TPSA) is 69.8 Å². The number of nitrogens with zero attached hydrogens (tertiary/aromatic N) is 5. The van der Waals surface area contributed by atoms with Crippen molar-refractivity contribution < 1.29 is 0 Å². The average molecular weight is 485 g/mol. The maximum atomic E-state index is 4.29. The molecule has 7 nitrogen and oxygen atoms in total. The third kappa shape index (κ3) is 6.31. The normalized spacial score (nSPS) is 18.3. The van der Waals surface area contributed by atoms with Crippen LogP contribution in [-0.2, 0) is 6.54 Å². The van der Waals surface area contributed by atoms with E-state index < -0.39 is 0 Å². The first kappa shape index (κ1) is 21.9. The summed E-state index contributed by atoms with van der Waals surface area (Å²) in [5, 5.41) is 15.1. The standard InChI is InChI=1S/C19H31N7.HI/c1-16-9-3-6-12-25(16)13-8-5-11-21-19(20-2)22-15-18-24-23-17-10-4-7-14-26(17)18;/h4,7,10,14,16H,3,5-6,8-9,11-13,15H2,1-2H3,(H2,20,21,22);1H. The minimum atomic E-state index is 0. The molecule has 0 saturated carbocycles. The van der Waals surface area contributed by atoms with E-state index in [0.29, 0.717) is 6.54 Å². The van der Waals surface area contributed by atoms with E-state index in [4.69, 9.17) is 0 Å². The molecule has 2 aromatic rings. The summed E-state index contributed by atoms with van der Waals surface area (Å²) in [6.45, 7) is 6.36. The fourth-order valence-electron chi connectivity index (χ4n) is 3.53. The monoisotopic (exact) mass is 485 g/mol. The zero-order chi connectivity index (χ0) is 18.2. The number of unbranched alkanes of at least 4 members (excludes halogenated alkanes) is 1. The first-order chi connectivity index (χ1) is 12.8. The van der Waals surface area contributed by atoms with Crippen LogP contribution >= 0.6 is 24.0 Å². The second-order valence-corrected chi connectivity index (χ2v) is 6.99. The van der Waals surface area contributed by atoms with Crippen LogP contribution in [0.2, 0.25) is 0 Å². The van der Waals surface area contributed by atoms with Gasteiger partial charge in [0.1, 0.15) is 0 Å². The van der Waals surface area contributed by atoms with Crippen LogP contribution in [0.25, 0.3) is 5.65 Å². The number of guanidine groups is 1. The van der Waals surface area contributed by atoms with Crippen molar-refractivity contribution in [3.63, 3.8) is 0 Å². The molecule has 2 aromatic heterocycles. The number of nitrogens with one attached hydrogen (secondary N) is 2. The average Bonchev–Trinajstić information content (AvgIpc) is 3.08. The molecular weight excluding hydrogens is 453 g/mol. The van der Waals surface area contributed by atoms with Crippen LogP contribution in [0.3, 0.4) is 0 Å². The smallest absolute Gasteiger partial charge is 0.191 e. The number of hydrogen-bond acceptors (Lipinski definition) is 4. The zero-order valence-electron chi connectivity index (χ0n) is 16.4. The lowest BCUT2D eigenvalue weighted by molar-refractivity contribution is 0.158. The predicted molar refractivity (Wildman–Crippen MR) is 121 cm³/mol. The van der Waals surface area contributed by atoms with Gasteiger partial charge in [-0.15, -0.1) is 34.2 Å². The highest BCUT2D eigenvalue weighted by atomic mass is 127. The lowest BCUT2D eigenvalue weighted by Gasteiger charge is -2.33. The van der Waals surface area contributed by atoms with E-state index in [-0.39, 0.29) is 24.0 Å². The van der Waals surface area contributed by atoms with E-state index in [0.717, 1.165) is 36.4 Å². The zero-order valence-corrected chi connectivity index (χ0v) is 18.7. The molecule has 0 aromatic carbocycles. The largest absolute Gasteiger partial charge is 0.356 e. The minimum absolute atomic E-state index is 0. The number of hydrogen-bond donors (Lipinski definition) is 2. The van der Waals surface area contributed by atoms with E-state index in [2.05, 4.69) is 37.6 Å². The van der Waals surface area contributed by atoms with Gasteiger partial charge in [-0.25, -0.2) is 0 Å². The van der Waals surface area contributed by atoms with Crippen LogP contribution in [0.1, 0.15) is 44.9 Å². The van der Waals surface area contributed by atoms with E-state index in [1.807, 2.05) is 28.8 Å². The molecule has 0 radical (unpaired) electrons. The van der Waals surface area contributed by atoms with Crippen molar-refractivity contribution >= 4 is 35.6 Å². The number of aliphatic imine (C=N–C) groups is 1. The summed E-state index contributed by atoms with van der Waals surface area (Å²) in [5.74, 6) is 1.69. The minimum Gasteiger partial charge on any atom is -0.356 e. The van der Waals surface area contributed by atoms with Gasteiger partial charge in [0.2, 0.25) is 0 Å². The molecule has 0 aliphatic carbocycles. The van der Waals surface area contributed by atoms with Crippen molar-refractivity contribution in [2.45, 2.75) is 51.6 Å². The number of aromatic nitrogens is 3. The van der Waals surface area contributed by atoms with Crippen LogP contribution < -0.4 is 10.6 Å². The molecule has 1 unspecified atom stereocenters. The molecule has 0 bridgehead atoms. The van der Waals surface area contributed by atoms with Crippen molar-refractivity contribution in [3.8, 4) is 0 Å². The van der Waals surface area contributed by atoms with E-state index in [9.17, 15) is 0 Å². The highest BCUT2D eigenvalue weighted by Gasteiger charge is 2.16. The van der Waals surface area contributed by atoms with Gasteiger partial charge in [0.05, 0.1) is 6.54 Å². The Bertz CT molecular complexity index is 715. The third-order valence-electron chi connectivity index (χ3n) is 5.13. The fraction of sp³-hybridized carbons (Fsp3) is 0.632. The van der Waals surface area contributed by atoms with Gasteiger partial charge in [-0.1, -0.05) is 12.5 Å². The van der Waals surface area contributed by atoms with Gasteiger partial charge >= 0.3 is 0 Å². The summed E-state index contributed by atoms with van der Waals surface area (Å²) in [5.41, 5.74) is 0.860. The van der Waals surface area contributed by atoms with E-state index in [1.165, 1.54) is 38.8 Å². The Kier molecular flexibility index (Phi) is 9.26. The second-order valence-electron chi connectivity index (χ2n) is 6.99. The molecule has 0 spiro atoms. The molecule has 1 fully saturated rings. The van der Waals surface area contributed by atoms with Crippen LogP contribution in [0, 0.1) is 0 Å². The van der Waals surface area contributed by atoms with Gasteiger partial charge in [-0.05, 0) is 57.8 Å². The second kappa shape index (κ2) is 11.4. The molecule has 1 atom stereocenters. The lowest BCUT2D eigenvalue weighted by Crippen LogP contribution is -2.39. The highest BCUT2D eigenvalue weighted by molar-refractivity contribution is 14.0. The van der Waals surface area contributed by atoms with Crippen molar-refractivity contribution in [2.24, 2.45) is 4.99 Å². The quantitative estimate of drug-likeness (QED) is 0.273. The Morgan fingerprint density at radius 2 is 2.11 bits per heavy atom. The number of piperidine rings is 1. The van der Waals surface area contributed by atoms with Crippen molar-refractivity contribution in [3.05, 3.63) is 30.2 Å². The highest BCUT2D eigenvalue weighted by Crippen LogP contribution is 2.16.